The van der Waals surface area contributed by atoms with Crippen molar-refractivity contribution in [1.29, 1.82) is 0 Å². The van der Waals surface area contributed by atoms with Crippen LogP contribution in [0.4, 0.5) is 0 Å². The third-order valence-corrected chi connectivity index (χ3v) is 4.39. The van der Waals surface area contributed by atoms with Crippen LogP contribution in [-0.2, 0) is 16.1 Å². The molecule has 28 heavy (non-hydrogen) atoms. The summed E-state index contributed by atoms with van der Waals surface area (Å²) in [5.74, 6) is -0.0962. The van der Waals surface area contributed by atoms with Crippen LogP contribution in [0.15, 0.2) is 58.0 Å². The number of aryl methyl sites for hydroxylation is 2. The number of carbonyl (C=O) groups excluding carboxylic acids is 1. The summed E-state index contributed by atoms with van der Waals surface area (Å²) in [6.45, 7) is 3.61. The number of ether oxygens (including phenoxy) is 2. The largest absolute Gasteiger partial charge is 0.482 e. The van der Waals surface area contributed by atoms with Crippen LogP contribution in [0.2, 0.25) is 0 Å². The quantitative estimate of drug-likeness (QED) is 0.392. The second kappa shape index (κ2) is 7.19. The summed E-state index contributed by atoms with van der Waals surface area (Å²) in [7, 11) is 0. The minimum atomic E-state index is -0.514. The topological polar surface area (TPSA) is 83.0 Å². The predicted molar refractivity (Wildman–Crippen MR) is 102 cm³/mol. The van der Waals surface area contributed by atoms with Crippen molar-refractivity contribution < 1.29 is 18.7 Å². The van der Waals surface area contributed by atoms with Crippen molar-refractivity contribution in [2.45, 2.75) is 20.5 Å². The molecule has 0 aliphatic rings. The van der Waals surface area contributed by atoms with Gasteiger partial charge in [-0.15, -0.1) is 0 Å². The summed E-state index contributed by atoms with van der Waals surface area (Å²) in [6.07, 6.45) is 3.72. The summed E-state index contributed by atoms with van der Waals surface area (Å²) < 4.78 is 17.8. The van der Waals surface area contributed by atoms with Crippen LogP contribution in [0.1, 0.15) is 16.8 Å². The molecule has 4 aromatic rings. The van der Waals surface area contributed by atoms with E-state index in [1.54, 1.807) is 18.2 Å². The van der Waals surface area contributed by atoms with Crippen LogP contribution in [0.5, 0.6) is 5.75 Å². The van der Waals surface area contributed by atoms with Crippen molar-refractivity contribution >= 4 is 22.6 Å². The molecule has 0 unspecified atom stereocenters. The lowest BCUT2D eigenvalue weighted by Gasteiger charge is -2.07. The van der Waals surface area contributed by atoms with E-state index in [0.29, 0.717) is 17.0 Å². The van der Waals surface area contributed by atoms with Crippen molar-refractivity contribution in [3.63, 3.8) is 0 Å². The van der Waals surface area contributed by atoms with Gasteiger partial charge in [-0.25, -0.2) is 14.6 Å². The van der Waals surface area contributed by atoms with Crippen LogP contribution in [0.3, 0.4) is 0 Å². The van der Waals surface area contributed by atoms with Gasteiger partial charge in [-0.2, -0.15) is 0 Å². The number of nitrogens with zero attached hydrogens (tertiary/aromatic N) is 2. The molecule has 3 aromatic heterocycles. The van der Waals surface area contributed by atoms with Crippen LogP contribution in [0.25, 0.3) is 16.6 Å². The number of esters is 1. The fourth-order valence-electron chi connectivity index (χ4n) is 3.01. The number of hydrogen-bond acceptors (Lipinski definition) is 6. The highest BCUT2D eigenvalue weighted by molar-refractivity contribution is 5.81. The zero-order valence-electron chi connectivity index (χ0n) is 15.5. The number of hydrogen-bond donors (Lipinski definition) is 0. The fraction of sp³-hybridized carbons (Fsp3) is 0.190. The van der Waals surface area contributed by atoms with Crippen LogP contribution in [0, 0.1) is 13.8 Å². The molecule has 0 amide bonds. The van der Waals surface area contributed by atoms with E-state index in [4.69, 9.17) is 13.9 Å². The van der Waals surface area contributed by atoms with Crippen molar-refractivity contribution in [3.8, 4) is 5.75 Å². The smallest absolute Gasteiger partial charge is 0.344 e. The minimum Gasteiger partial charge on any atom is -0.482 e. The lowest BCUT2D eigenvalue weighted by atomic mass is 10.1. The normalized spacial score (nSPS) is 11.1. The molecule has 1 aromatic carbocycles. The lowest BCUT2D eigenvalue weighted by molar-refractivity contribution is -0.147. The molecule has 7 heteroatoms. The number of fused-ring (bicyclic) bond motifs is 2. The summed E-state index contributed by atoms with van der Waals surface area (Å²) in [5.41, 5.74) is 3.34. The first kappa shape index (κ1) is 17.8. The van der Waals surface area contributed by atoms with Gasteiger partial charge >= 0.3 is 11.6 Å². The third-order valence-electron chi connectivity index (χ3n) is 4.39. The molecule has 0 radical (unpaired) electrons. The Morgan fingerprint density at radius 3 is 2.86 bits per heavy atom. The number of aromatic nitrogens is 2. The van der Waals surface area contributed by atoms with E-state index in [2.05, 4.69) is 4.98 Å². The number of benzene rings is 1. The first-order valence-electron chi connectivity index (χ1n) is 8.76. The Morgan fingerprint density at radius 2 is 2.04 bits per heavy atom. The maximum Gasteiger partial charge on any atom is 0.344 e. The molecule has 142 valence electrons. The highest BCUT2D eigenvalue weighted by atomic mass is 16.6. The molecule has 0 saturated heterocycles. The molecule has 0 atom stereocenters. The highest BCUT2D eigenvalue weighted by Gasteiger charge is 2.10. The Balaban J connectivity index is 1.38. The Hall–Kier alpha value is -3.61. The van der Waals surface area contributed by atoms with Gasteiger partial charge in [0, 0.05) is 29.9 Å². The highest BCUT2D eigenvalue weighted by Crippen LogP contribution is 2.22. The summed E-state index contributed by atoms with van der Waals surface area (Å²) in [6, 6.07) is 10.4. The van der Waals surface area contributed by atoms with Crippen LogP contribution in [-0.4, -0.2) is 22.0 Å². The summed E-state index contributed by atoms with van der Waals surface area (Å²) >= 11 is 0. The van der Waals surface area contributed by atoms with Gasteiger partial charge in [0.2, 0.25) is 0 Å². The van der Waals surface area contributed by atoms with E-state index >= 15 is 0 Å². The van der Waals surface area contributed by atoms with Crippen molar-refractivity contribution in [1.82, 2.24) is 9.38 Å². The van der Waals surface area contributed by atoms with Gasteiger partial charge in [-0.1, -0.05) is 6.07 Å². The molecule has 0 spiro atoms. The minimum absolute atomic E-state index is 0.0646. The molecule has 4 rings (SSSR count). The van der Waals surface area contributed by atoms with Gasteiger partial charge in [0.25, 0.3) is 0 Å². The summed E-state index contributed by atoms with van der Waals surface area (Å²) in [4.78, 5) is 27.9. The maximum absolute atomic E-state index is 12.0. The number of carbonyl (C=O) groups is 1. The molecule has 7 nitrogen and oxygen atoms in total. The summed E-state index contributed by atoms with van der Waals surface area (Å²) in [5, 5.41) is 0.816. The van der Waals surface area contributed by atoms with Gasteiger partial charge in [0.15, 0.2) is 6.61 Å². The van der Waals surface area contributed by atoms with Gasteiger partial charge in [-0.3, -0.25) is 0 Å². The average Bonchev–Trinajstić information content (AvgIpc) is 3.09. The van der Waals surface area contributed by atoms with Crippen molar-refractivity contribution in [2.75, 3.05) is 6.61 Å². The number of rotatable bonds is 5. The molecular weight excluding hydrogens is 360 g/mol. The Kier molecular flexibility index (Phi) is 4.57. The van der Waals surface area contributed by atoms with Crippen molar-refractivity contribution in [3.05, 3.63) is 76.0 Å². The third kappa shape index (κ3) is 3.59. The van der Waals surface area contributed by atoms with Crippen molar-refractivity contribution in [2.24, 2.45) is 0 Å². The number of imidazole rings is 1. The molecule has 0 aliphatic carbocycles. The molecular formula is C21H18N2O5. The Labute approximate surface area is 160 Å². The zero-order valence-corrected chi connectivity index (χ0v) is 15.5. The first-order chi connectivity index (χ1) is 13.5. The van der Waals surface area contributed by atoms with Gasteiger partial charge in [0.05, 0.1) is 5.69 Å². The van der Waals surface area contributed by atoms with Crippen LogP contribution >= 0.6 is 0 Å². The average molecular weight is 378 g/mol. The second-order valence-corrected chi connectivity index (χ2v) is 6.51. The number of pyridine rings is 1. The molecule has 0 N–H and O–H groups in total. The standard InChI is InChI=1S/C21H18N2O5/c1-13-4-3-7-23-10-15(22-21(13)23)11-27-20(25)12-26-16-5-6-17-14(2)8-19(24)28-18(17)9-16/h3-10H,11-12H2,1-2H3. The SMILES string of the molecule is Cc1cc(=O)oc2cc(OCC(=O)OCc3cn4cccc(C)c4n3)ccc12. The first-order valence-corrected chi connectivity index (χ1v) is 8.76. The van der Waals surface area contributed by atoms with Gasteiger partial charge in [0.1, 0.15) is 23.6 Å². The Morgan fingerprint density at radius 1 is 1.18 bits per heavy atom. The predicted octanol–water partition coefficient (Wildman–Crippen LogP) is 3.18. The maximum atomic E-state index is 12.0. The molecule has 0 saturated carbocycles. The van der Waals surface area contributed by atoms with Gasteiger partial charge in [-0.05, 0) is 43.2 Å². The molecule has 0 bridgehead atoms. The van der Waals surface area contributed by atoms with E-state index in [1.165, 1.54) is 6.07 Å². The van der Waals surface area contributed by atoms with E-state index < -0.39 is 11.6 Å². The van der Waals surface area contributed by atoms with Crippen LogP contribution < -0.4 is 10.4 Å². The van der Waals surface area contributed by atoms with Gasteiger partial charge < -0.3 is 18.3 Å². The molecule has 3 heterocycles. The zero-order chi connectivity index (χ0) is 19.7. The van der Waals surface area contributed by atoms with E-state index in [1.807, 2.05) is 42.8 Å². The second-order valence-electron chi connectivity index (χ2n) is 6.51. The monoisotopic (exact) mass is 378 g/mol. The molecule has 0 aliphatic heterocycles. The lowest BCUT2D eigenvalue weighted by Crippen LogP contribution is -2.14. The van der Waals surface area contributed by atoms with E-state index in [0.717, 1.165) is 22.2 Å². The fourth-order valence-corrected chi connectivity index (χ4v) is 3.01. The van der Waals surface area contributed by atoms with E-state index in [-0.39, 0.29) is 13.2 Å². The molecule has 0 fully saturated rings. The van der Waals surface area contributed by atoms with E-state index in [9.17, 15) is 9.59 Å². The Bertz CT molecular complexity index is 1240.